The van der Waals surface area contributed by atoms with Gasteiger partial charge in [-0.05, 0) is 44.5 Å². The summed E-state index contributed by atoms with van der Waals surface area (Å²) in [5, 5.41) is 15.4. The summed E-state index contributed by atoms with van der Waals surface area (Å²) in [5.41, 5.74) is 3.66. The number of aliphatic hydroxyl groups excluding tert-OH is 1. The number of methoxy groups -OCH3 is 1. The first-order valence-electron chi connectivity index (χ1n) is 13.6. The van der Waals surface area contributed by atoms with Crippen molar-refractivity contribution in [2.45, 2.75) is 26.8 Å². The van der Waals surface area contributed by atoms with Crippen LogP contribution in [0.3, 0.4) is 0 Å². The highest BCUT2D eigenvalue weighted by molar-refractivity contribution is 5.92. The average Bonchev–Trinajstić information content (AvgIpc) is 3.24. The number of hydrogen-bond acceptors (Lipinski definition) is 7. The molecule has 39 heavy (non-hydrogen) atoms. The Morgan fingerprint density at radius 2 is 1.59 bits per heavy atom. The molecule has 206 valence electrons. The Labute approximate surface area is 228 Å². The van der Waals surface area contributed by atoms with Gasteiger partial charge in [-0.15, -0.1) is 5.10 Å². The summed E-state index contributed by atoms with van der Waals surface area (Å²) in [6, 6.07) is 18.1. The maximum absolute atomic E-state index is 13.3. The van der Waals surface area contributed by atoms with Crippen molar-refractivity contribution < 1.29 is 14.6 Å². The molecule has 2 aromatic carbocycles. The van der Waals surface area contributed by atoms with Gasteiger partial charge >= 0.3 is 0 Å². The molecule has 0 radical (unpaired) electrons. The Kier molecular flexibility index (Phi) is 8.18. The van der Waals surface area contributed by atoms with Crippen LogP contribution in [0.25, 0.3) is 16.5 Å². The lowest BCUT2D eigenvalue weighted by Gasteiger charge is -2.36. The molecular weight excluding hydrogens is 494 g/mol. The van der Waals surface area contributed by atoms with Crippen molar-refractivity contribution in [3.05, 3.63) is 76.3 Å². The second-order valence-electron chi connectivity index (χ2n) is 9.85. The quantitative estimate of drug-likeness (QED) is 0.314. The molecule has 1 N–H and O–H groups in total. The van der Waals surface area contributed by atoms with E-state index in [4.69, 9.17) is 9.47 Å². The summed E-state index contributed by atoms with van der Waals surface area (Å²) in [4.78, 5) is 18.1. The summed E-state index contributed by atoms with van der Waals surface area (Å²) in [6.45, 7) is 9.13. The summed E-state index contributed by atoms with van der Waals surface area (Å²) in [7, 11) is 1.72. The number of aryl methyl sites for hydroxylation is 2. The Morgan fingerprint density at radius 3 is 2.31 bits per heavy atom. The van der Waals surface area contributed by atoms with Crippen molar-refractivity contribution in [2.24, 2.45) is 0 Å². The Bertz CT molecular complexity index is 1470. The number of fused-ring (bicyclic) bond motifs is 1. The fourth-order valence-corrected chi connectivity index (χ4v) is 5.57. The van der Waals surface area contributed by atoms with Crippen LogP contribution in [-0.2, 0) is 6.54 Å². The Hall–Kier alpha value is -3.82. The van der Waals surface area contributed by atoms with Crippen LogP contribution in [0, 0.1) is 13.8 Å². The zero-order valence-corrected chi connectivity index (χ0v) is 23.0. The number of piperazine rings is 1. The Balaban J connectivity index is 1.28. The van der Waals surface area contributed by atoms with Crippen LogP contribution < -0.4 is 19.9 Å². The van der Waals surface area contributed by atoms with E-state index in [1.165, 1.54) is 4.68 Å². The van der Waals surface area contributed by atoms with E-state index in [1.807, 2.05) is 62.4 Å². The molecule has 1 saturated heterocycles. The minimum Gasteiger partial charge on any atom is -0.495 e. The summed E-state index contributed by atoms with van der Waals surface area (Å²) < 4.78 is 15.2. The summed E-state index contributed by atoms with van der Waals surface area (Å²) >= 11 is 0. The predicted octanol–water partition coefficient (Wildman–Crippen LogP) is 3.40. The van der Waals surface area contributed by atoms with E-state index in [1.54, 1.807) is 7.11 Å². The lowest BCUT2D eigenvalue weighted by atomic mass is 10.2. The molecule has 4 aromatic rings. The molecular formula is C30H37N5O4. The Morgan fingerprint density at radius 1 is 0.897 bits per heavy atom. The minimum atomic E-state index is -0.213. The summed E-state index contributed by atoms with van der Waals surface area (Å²) in [5.74, 6) is 1.35. The molecule has 1 fully saturated rings. The standard InChI is InChI=1S/C30H37N5O4/c1-22-27-28(23(2)35(22)24-10-5-4-6-11-24)30(37)34(19-20-36)31-29(27)39-21-9-14-32-15-17-33(18-16-32)25-12-7-8-13-26(25)38-3/h4-8,10-13,36H,9,14-21H2,1-3H3. The second-order valence-corrected chi connectivity index (χ2v) is 9.85. The van der Waals surface area contributed by atoms with Crippen LogP contribution in [0.15, 0.2) is 59.4 Å². The van der Waals surface area contributed by atoms with E-state index in [0.717, 1.165) is 73.0 Å². The van der Waals surface area contributed by atoms with Gasteiger partial charge in [0.1, 0.15) is 5.75 Å². The molecule has 2 aromatic heterocycles. The van der Waals surface area contributed by atoms with Crippen molar-refractivity contribution >= 4 is 16.5 Å². The highest BCUT2D eigenvalue weighted by Crippen LogP contribution is 2.32. The zero-order chi connectivity index (χ0) is 27.4. The van der Waals surface area contributed by atoms with Gasteiger partial charge in [0, 0.05) is 49.8 Å². The maximum atomic E-state index is 13.3. The third-order valence-electron chi connectivity index (χ3n) is 7.50. The van der Waals surface area contributed by atoms with Gasteiger partial charge in [-0.3, -0.25) is 9.69 Å². The normalized spacial score (nSPS) is 14.2. The van der Waals surface area contributed by atoms with Crippen molar-refractivity contribution in [2.75, 3.05) is 57.9 Å². The number of ether oxygens (including phenoxy) is 2. The van der Waals surface area contributed by atoms with E-state index in [-0.39, 0.29) is 18.7 Å². The van der Waals surface area contributed by atoms with E-state index < -0.39 is 0 Å². The number of aliphatic hydroxyl groups is 1. The number of benzene rings is 2. The molecule has 3 heterocycles. The first-order valence-corrected chi connectivity index (χ1v) is 13.6. The minimum absolute atomic E-state index is 0.122. The average molecular weight is 532 g/mol. The van der Waals surface area contributed by atoms with Crippen LogP contribution in [0.2, 0.25) is 0 Å². The van der Waals surface area contributed by atoms with E-state index >= 15 is 0 Å². The molecule has 9 nitrogen and oxygen atoms in total. The highest BCUT2D eigenvalue weighted by Gasteiger charge is 2.23. The van der Waals surface area contributed by atoms with Gasteiger partial charge in [-0.25, -0.2) is 4.68 Å². The zero-order valence-electron chi connectivity index (χ0n) is 23.0. The van der Waals surface area contributed by atoms with Crippen molar-refractivity contribution in [1.29, 1.82) is 0 Å². The number of para-hydroxylation sites is 3. The lowest BCUT2D eigenvalue weighted by molar-refractivity contribution is 0.218. The fourth-order valence-electron chi connectivity index (χ4n) is 5.57. The van der Waals surface area contributed by atoms with Crippen molar-refractivity contribution in [1.82, 2.24) is 19.2 Å². The number of anilines is 1. The number of nitrogens with zero attached hydrogens (tertiary/aromatic N) is 5. The molecule has 0 atom stereocenters. The molecule has 0 saturated carbocycles. The molecule has 1 aliphatic rings. The molecule has 0 amide bonds. The SMILES string of the molecule is COc1ccccc1N1CCN(CCCOc2nn(CCO)c(=O)c3c(C)n(-c4ccccc4)c(C)c23)CC1. The number of rotatable bonds is 10. The third kappa shape index (κ3) is 5.37. The molecule has 0 aliphatic carbocycles. The molecule has 0 spiro atoms. The smallest absolute Gasteiger partial charge is 0.276 e. The predicted molar refractivity (Wildman–Crippen MR) is 154 cm³/mol. The van der Waals surface area contributed by atoms with E-state index in [0.29, 0.717) is 17.9 Å². The van der Waals surface area contributed by atoms with Crippen LogP contribution in [-0.4, -0.2) is 77.4 Å². The van der Waals surface area contributed by atoms with Gasteiger partial charge in [0.15, 0.2) is 0 Å². The topological polar surface area (TPSA) is 85.0 Å². The molecule has 1 aliphatic heterocycles. The van der Waals surface area contributed by atoms with Gasteiger partial charge in [-0.1, -0.05) is 30.3 Å². The van der Waals surface area contributed by atoms with Crippen molar-refractivity contribution in [3.8, 4) is 17.3 Å². The van der Waals surface area contributed by atoms with Gasteiger partial charge in [0.2, 0.25) is 5.88 Å². The molecule has 5 rings (SSSR count). The highest BCUT2D eigenvalue weighted by atomic mass is 16.5. The van der Waals surface area contributed by atoms with Gasteiger partial charge in [0.05, 0.1) is 43.3 Å². The van der Waals surface area contributed by atoms with Gasteiger partial charge in [0.25, 0.3) is 5.56 Å². The number of aromatic nitrogens is 3. The van der Waals surface area contributed by atoms with Crippen LogP contribution >= 0.6 is 0 Å². The lowest BCUT2D eigenvalue weighted by Crippen LogP contribution is -2.46. The second kappa shape index (κ2) is 11.9. The van der Waals surface area contributed by atoms with Crippen molar-refractivity contribution in [3.63, 3.8) is 0 Å². The first kappa shape index (κ1) is 26.8. The molecule has 0 unspecified atom stereocenters. The van der Waals surface area contributed by atoms with Gasteiger partial charge in [-0.2, -0.15) is 0 Å². The molecule has 9 heteroatoms. The number of hydrogen-bond donors (Lipinski definition) is 1. The maximum Gasteiger partial charge on any atom is 0.276 e. The third-order valence-corrected chi connectivity index (χ3v) is 7.50. The van der Waals surface area contributed by atoms with E-state index in [2.05, 4.69) is 25.5 Å². The molecule has 0 bridgehead atoms. The van der Waals surface area contributed by atoms with E-state index in [9.17, 15) is 9.90 Å². The summed E-state index contributed by atoms with van der Waals surface area (Å²) in [6.07, 6.45) is 0.842. The first-order chi connectivity index (χ1) is 19.0. The fraction of sp³-hybridized carbons (Fsp3) is 0.400. The monoisotopic (exact) mass is 531 g/mol. The largest absolute Gasteiger partial charge is 0.495 e. The van der Waals surface area contributed by atoms with Gasteiger partial charge < -0.3 is 24.0 Å². The van der Waals surface area contributed by atoms with Crippen LogP contribution in [0.4, 0.5) is 5.69 Å². The van der Waals surface area contributed by atoms with Crippen LogP contribution in [0.1, 0.15) is 17.8 Å². The van der Waals surface area contributed by atoms with Crippen LogP contribution in [0.5, 0.6) is 11.6 Å².